The first-order chi connectivity index (χ1) is 9.71. The highest BCUT2D eigenvalue weighted by atomic mass is 16.5. The largest absolute Gasteiger partial charge is 0.378 e. The van der Waals surface area contributed by atoms with E-state index in [4.69, 9.17) is 15.5 Å². The van der Waals surface area contributed by atoms with Crippen molar-refractivity contribution in [2.75, 3.05) is 7.11 Å². The zero-order chi connectivity index (χ0) is 14.2. The van der Waals surface area contributed by atoms with Crippen molar-refractivity contribution in [3.63, 3.8) is 0 Å². The van der Waals surface area contributed by atoms with Crippen LogP contribution in [0.15, 0.2) is 18.2 Å². The quantitative estimate of drug-likeness (QED) is 0.911. The predicted octanol–water partition coefficient (Wildman–Crippen LogP) is 2.63. The van der Waals surface area contributed by atoms with E-state index < -0.39 is 0 Å². The van der Waals surface area contributed by atoms with E-state index in [2.05, 4.69) is 29.7 Å². The normalized spacial score (nSPS) is 17.4. The molecule has 4 heteroatoms. The van der Waals surface area contributed by atoms with Gasteiger partial charge in [-0.05, 0) is 43.9 Å². The number of nitrogens with zero attached hydrogens (tertiary/aromatic N) is 2. The van der Waals surface area contributed by atoms with Gasteiger partial charge in [-0.25, -0.2) is 4.98 Å². The number of nitrogens with two attached hydrogens (primary N) is 1. The minimum Gasteiger partial charge on any atom is -0.378 e. The summed E-state index contributed by atoms with van der Waals surface area (Å²) >= 11 is 0. The van der Waals surface area contributed by atoms with Gasteiger partial charge in [0, 0.05) is 26.6 Å². The number of ether oxygens (including phenoxy) is 1. The maximum Gasteiger partial charge on any atom is 0.112 e. The third-order valence-electron chi connectivity index (χ3n) is 4.62. The lowest BCUT2D eigenvalue weighted by Gasteiger charge is -2.40. The van der Waals surface area contributed by atoms with E-state index in [1.165, 1.54) is 11.9 Å². The van der Waals surface area contributed by atoms with Crippen LogP contribution in [0.25, 0.3) is 11.0 Å². The monoisotopic (exact) mass is 273 g/mol. The second-order valence-corrected chi connectivity index (χ2v) is 5.72. The number of rotatable bonds is 5. The first-order valence-electron chi connectivity index (χ1n) is 7.44. The van der Waals surface area contributed by atoms with Crippen molar-refractivity contribution in [1.82, 2.24) is 9.55 Å². The molecule has 0 radical (unpaired) electrons. The van der Waals surface area contributed by atoms with Crippen LogP contribution in [0.4, 0.5) is 0 Å². The molecule has 1 aliphatic carbocycles. The van der Waals surface area contributed by atoms with E-state index >= 15 is 0 Å². The number of aromatic nitrogens is 2. The third kappa shape index (κ3) is 2.13. The molecular formula is C16H23N3O. The number of hydrogen-bond donors (Lipinski definition) is 1. The van der Waals surface area contributed by atoms with Crippen LogP contribution in [-0.4, -0.2) is 22.3 Å². The van der Waals surface area contributed by atoms with Gasteiger partial charge in [0.1, 0.15) is 5.82 Å². The van der Waals surface area contributed by atoms with E-state index in [0.29, 0.717) is 6.54 Å². The molecule has 0 saturated heterocycles. The van der Waals surface area contributed by atoms with E-state index in [0.717, 1.165) is 42.7 Å². The Balaban J connectivity index is 2.01. The average Bonchev–Trinajstić information content (AvgIpc) is 2.78. The van der Waals surface area contributed by atoms with Crippen LogP contribution in [0, 0.1) is 0 Å². The summed E-state index contributed by atoms with van der Waals surface area (Å²) in [6.45, 7) is 3.67. The van der Waals surface area contributed by atoms with Crippen LogP contribution >= 0.6 is 0 Å². The Morgan fingerprint density at radius 3 is 2.75 bits per heavy atom. The minimum atomic E-state index is 0.0188. The van der Waals surface area contributed by atoms with E-state index in [9.17, 15) is 0 Å². The lowest BCUT2D eigenvalue weighted by Crippen LogP contribution is -2.42. The Bertz CT molecular complexity index is 608. The van der Waals surface area contributed by atoms with Gasteiger partial charge in [-0.15, -0.1) is 0 Å². The number of hydrogen-bond acceptors (Lipinski definition) is 3. The van der Waals surface area contributed by atoms with Gasteiger partial charge in [0.2, 0.25) is 0 Å². The van der Waals surface area contributed by atoms with Crippen molar-refractivity contribution in [2.45, 2.75) is 51.3 Å². The van der Waals surface area contributed by atoms with E-state index in [1.807, 2.05) is 7.11 Å². The Morgan fingerprint density at radius 2 is 2.20 bits per heavy atom. The maximum atomic E-state index is 5.74. The summed E-state index contributed by atoms with van der Waals surface area (Å²) in [5.74, 6) is 1.14. The fourth-order valence-corrected chi connectivity index (χ4v) is 3.15. The van der Waals surface area contributed by atoms with Crippen LogP contribution in [0.5, 0.6) is 0 Å². The van der Waals surface area contributed by atoms with Gasteiger partial charge in [0.25, 0.3) is 0 Å². The molecule has 1 saturated carbocycles. The molecule has 0 spiro atoms. The van der Waals surface area contributed by atoms with Gasteiger partial charge in [-0.3, -0.25) is 0 Å². The molecule has 0 atom stereocenters. The molecule has 0 amide bonds. The Morgan fingerprint density at radius 1 is 1.40 bits per heavy atom. The number of methoxy groups -OCH3 is 1. The highest BCUT2D eigenvalue weighted by Crippen LogP contribution is 2.38. The summed E-state index contributed by atoms with van der Waals surface area (Å²) in [6.07, 6.45) is 4.45. The fourth-order valence-electron chi connectivity index (χ4n) is 3.15. The van der Waals surface area contributed by atoms with Crippen molar-refractivity contribution in [1.29, 1.82) is 0 Å². The molecular weight excluding hydrogens is 250 g/mol. The fraction of sp³-hybridized carbons (Fsp3) is 0.562. The molecule has 1 aliphatic rings. The van der Waals surface area contributed by atoms with Crippen molar-refractivity contribution >= 4 is 11.0 Å². The standard InChI is InChI=1S/C16H23N3O/c1-3-19-14-6-5-12(11-17)9-13(14)18-15(19)10-16(20-2)7-4-8-16/h5-6,9H,3-4,7-8,10-11,17H2,1-2H3. The molecule has 1 heterocycles. The van der Waals surface area contributed by atoms with E-state index in [1.54, 1.807) is 0 Å². The minimum absolute atomic E-state index is 0.0188. The molecule has 4 nitrogen and oxygen atoms in total. The van der Waals surface area contributed by atoms with Gasteiger partial charge < -0.3 is 15.0 Å². The zero-order valence-electron chi connectivity index (χ0n) is 12.4. The molecule has 2 aromatic rings. The summed E-state index contributed by atoms with van der Waals surface area (Å²) in [5, 5.41) is 0. The van der Waals surface area contributed by atoms with Gasteiger partial charge in [0.15, 0.2) is 0 Å². The second kappa shape index (κ2) is 5.19. The topological polar surface area (TPSA) is 53.1 Å². The van der Waals surface area contributed by atoms with Gasteiger partial charge in [-0.1, -0.05) is 6.07 Å². The number of fused-ring (bicyclic) bond motifs is 1. The third-order valence-corrected chi connectivity index (χ3v) is 4.62. The molecule has 1 aromatic heterocycles. The highest BCUT2D eigenvalue weighted by Gasteiger charge is 2.38. The molecule has 108 valence electrons. The molecule has 20 heavy (non-hydrogen) atoms. The zero-order valence-corrected chi connectivity index (χ0v) is 12.4. The number of aryl methyl sites for hydroxylation is 1. The first kappa shape index (κ1) is 13.6. The van der Waals surface area contributed by atoms with Crippen molar-refractivity contribution in [3.8, 4) is 0 Å². The number of benzene rings is 1. The lowest BCUT2D eigenvalue weighted by atomic mass is 9.77. The Hall–Kier alpha value is -1.39. The SMILES string of the molecule is CCn1c(CC2(OC)CCC2)nc2cc(CN)ccc21. The van der Waals surface area contributed by atoms with Crippen LogP contribution in [0.1, 0.15) is 37.6 Å². The molecule has 1 fully saturated rings. The first-order valence-corrected chi connectivity index (χ1v) is 7.44. The molecule has 0 aliphatic heterocycles. The van der Waals surface area contributed by atoms with Gasteiger partial charge in [-0.2, -0.15) is 0 Å². The number of imidazole rings is 1. The molecule has 3 rings (SSSR count). The molecule has 1 aromatic carbocycles. The van der Waals surface area contributed by atoms with Crippen LogP contribution < -0.4 is 5.73 Å². The van der Waals surface area contributed by atoms with Gasteiger partial charge in [0.05, 0.1) is 16.6 Å². The van der Waals surface area contributed by atoms with Crippen molar-refractivity contribution in [3.05, 3.63) is 29.6 Å². The summed E-state index contributed by atoms with van der Waals surface area (Å²) in [6, 6.07) is 6.33. The van der Waals surface area contributed by atoms with Crippen molar-refractivity contribution < 1.29 is 4.74 Å². The van der Waals surface area contributed by atoms with Crippen LogP contribution in [0.3, 0.4) is 0 Å². The Kier molecular flexibility index (Phi) is 3.52. The molecule has 2 N–H and O–H groups in total. The van der Waals surface area contributed by atoms with E-state index in [-0.39, 0.29) is 5.60 Å². The summed E-state index contributed by atoms with van der Waals surface area (Å²) in [7, 11) is 1.82. The van der Waals surface area contributed by atoms with Crippen LogP contribution in [0.2, 0.25) is 0 Å². The summed E-state index contributed by atoms with van der Waals surface area (Å²) < 4.78 is 8.05. The smallest absolute Gasteiger partial charge is 0.112 e. The van der Waals surface area contributed by atoms with Crippen LogP contribution in [-0.2, 0) is 24.2 Å². The van der Waals surface area contributed by atoms with Gasteiger partial charge >= 0.3 is 0 Å². The predicted molar refractivity (Wildman–Crippen MR) is 80.6 cm³/mol. The molecule has 0 unspecified atom stereocenters. The second-order valence-electron chi connectivity index (χ2n) is 5.72. The Labute approximate surface area is 119 Å². The molecule has 0 bridgehead atoms. The highest BCUT2D eigenvalue weighted by molar-refractivity contribution is 5.77. The average molecular weight is 273 g/mol. The van der Waals surface area contributed by atoms with Crippen molar-refractivity contribution in [2.24, 2.45) is 5.73 Å². The lowest BCUT2D eigenvalue weighted by molar-refractivity contribution is -0.0725. The summed E-state index contributed by atoms with van der Waals surface area (Å²) in [5.41, 5.74) is 9.12. The summed E-state index contributed by atoms with van der Waals surface area (Å²) in [4.78, 5) is 4.83. The maximum absolute atomic E-state index is 5.74.